The molecule has 3 rings (SSSR count). The van der Waals surface area contributed by atoms with Crippen LogP contribution in [0, 0.1) is 24.5 Å². The average Bonchev–Trinajstić information content (AvgIpc) is 3.02. The Kier molecular flexibility index (Phi) is 8.27. The number of hydrogen-bond acceptors (Lipinski definition) is 5. The third kappa shape index (κ3) is 5.86. The van der Waals surface area contributed by atoms with Crippen LogP contribution in [-0.2, 0) is 26.9 Å². The van der Waals surface area contributed by atoms with Crippen LogP contribution in [0.3, 0.4) is 0 Å². The number of aryl methyl sites for hydroxylation is 2. The first kappa shape index (κ1) is 27.5. The van der Waals surface area contributed by atoms with E-state index in [9.17, 15) is 25.6 Å². The number of rotatable bonds is 9. The molecule has 0 fully saturated rings. The Hall–Kier alpha value is -2.05. The molecule has 0 saturated heterocycles. The van der Waals surface area contributed by atoms with Crippen molar-refractivity contribution in [2.45, 2.75) is 35.3 Å². The van der Waals surface area contributed by atoms with E-state index < -0.39 is 42.7 Å². The molecule has 7 nitrogen and oxygen atoms in total. The van der Waals surface area contributed by atoms with E-state index in [1.807, 2.05) is 0 Å². The van der Waals surface area contributed by atoms with Gasteiger partial charge in [-0.2, -0.15) is 5.10 Å². The molecule has 1 heterocycles. The number of hydrogen-bond donors (Lipinski definition) is 1. The van der Waals surface area contributed by atoms with Crippen molar-refractivity contribution in [2.24, 2.45) is 13.0 Å². The van der Waals surface area contributed by atoms with E-state index in [1.165, 1.54) is 49.8 Å². The third-order valence-electron chi connectivity index (χ3n) is 5.52. The molecular weight excluding hydrogens is 543 g/mol. The molecule has 1 aromatic heterocycles. The number of halogens is 4. The lowest BCUT2D eigenvalue weighted by atomic mass is 9.97. The number of sulfone groups is 1. The first-order chi connectivity index (χ1) is 16.3. The van der Waals surface area contributed by atoms with Crippen LogP contribution < -0.4 is 4.72 Å². The Bertz CT molecular complexity index is 1440. The summed E-state index contributed by atoms with van der Waals surface area (Å²) in [6.45, 7) is 2.83. The lowest BCUT2D eigenvalue weighted by Gasteiger charge is -2.25. The molecule has 13 heteroatoms. The molecule has 0 aliphatic rings. The molecule has 0 spiro atoms. The lowest BCUT2D eigenvalue weighted by molar-refractivity contribution is 0.465. The highest BCUT2D eigenvalue weighted by Crippen LogP contribution is 2.38. The fourth-order valence-corrected chi connectivity index (χ4v) is 7.83. The van der Waals surface area contributed by atoms with E-state index in [0.29, 0.717) is 5.02 Å². The van der Waals surface area contributed by atoms with Gasteiger partial charge in [0.1, 0.15) is 21.7 Å². The summed E-state index contributed by atoms with van der Waals surface area (Å²) in [6.07, 6.45) is -0.0103. The van der Waals surface area contributed by atoms with Gasteiger partial charge in [0.15, 0.2) is 9.84 Å². The van der Waals surface area contributed by atoms with Crippen molar-refractivity contribution in [3.05, 3.63) is 75.5 Å². The van der Waals surface area contributed by atoms with Gasteiger partial charge in [-0.3, -0.25) is 4.68 Å². The fourth-order valence-electron chi connectivity index (χ4n) is 3.84. The molecule has 190 valence electrons. The summed E-state index contributed by atoms with van der Waals surface area (Å²) in [5.41, 5.74) is -0.149. The van der Waals surface area contributed by atoms with Crippen molar-refractivity contribution < 1.29 is 25.6 Å². The SMILES string of the molecule is Cc1nn(C)c(Cl)c1S(=O)(=O)NCCC(C)C(c1cc(F)ccc1F)S(=O)(=O)c1ccc(Cl)cc1. The second-order valence-electron chi connectivity index (χ2n) is 8.08. The Labute approximate surface area is 213 Å². The summed E-state index contributed by atoms with van der Waals surface area (Å²) in [5, 5.41) is 2.72. The number of benzene rings is 2. The van der Waals surface area contributed by atoms with Gasteiger partial charge in [0.25, 0.3) is 0 Å². The molecule has 0 radical (unpaired) electrons. The monoisotopic (exact) mass is 565 g/mol. The van der Waals surface area contributed by atoms with Crippen LogP contribution in [0.2, 0.25) is 10.2 Å². The molecule has 2 atom stereocenters. The van der Waals surface area contributed by atoms with E-state index in [1.54, 1.807) is 0 Å². The second-order valence-corrected chi connectivity index (χ2v) is 12.6. The highest BCUT2D eigenvalue weighted by atomic mass is 35.5. The summed E-state index contributed by atoms with van der Waals surface area (Å²) < 4.78 is 84.9. The number of aromatic nitrogens is 2. The fraction of sp³-hybridized carbons (Fsp3) is 0.318. The minimum atomic E-state index is -4.21. The van der Waals surface area contributed by atoms with Crippen LogP contribution in [-0.4, -0.2) is 33.2 Å². The van der Waals surface area contributed by atoms with Gasteiger partial charge < -0.3 is 0 Å². The van der Waals surface area contributed by atoms with Gasteiger partial charge >= 0.3 is 0 Å². The molecule has 0 bridgehead atoms. The largest absolute Gasteiger partial charge is 0.255 e. The predicted molar refractivity (Wildman–Crippen MR) is 130 cm³/mol. The molecule has 1 N–H and O–H groups in total. The molecule has 0 aliphatic carbocycles. The first-order valence-electron chi connectivity index (χ1n) is 10.4. The van der Waals surface area contributed by atoms with Crippen LogP contribution in [0.1, 0.15) is 29.9 Å². The molecule has 0 amide bonds. The highest BCUT2D eigenvalue weighted by Gasteiger charge is 2.36. The Balaban J connectivity index is 1.92. The van der Waals surface area contributed by atoms with Crippen LogP contribution >= 0.6 is 23.2 Å². The van der Waals surface area contributed by atoms with Crippen molar-refractivity contribution in [2.75, 3.05) is 6.54 Å². The highest BCUT2D eigenvalue weighted by molar-refractivity contribution is 7.91. The van der Waals surface area contributed by atoms with Gasteiger partial charge in [0, 0.05) is 24.2 Å². The van der Waals surface area contributed by atoms with Crippen LogP contribution in [0.5, 0.6) is 0 Å². The van der Waals surface area contributed by atoms with Crippen molar-refractivity contribution >= 4 is 43.1 Å². The number of nitrogens with zero attached hydrogens (tertiary/aromatic N) is 2. The maximum Gasteiger partial charge on any atom is 0.245 e. The maximum atomic E-state index is 14.7. The standard InChI is InChI=1S/C22H23Cl2F2N3O4S2/c1-13(10-11-27-35(32,33)21-14(2)28-29(3)22(21)24)20(18-12-16(25)6-9-19(18)26)34(30,31)17-7-4-15(23)5-8-17/h4-9,12-13,20,27H,10-11H2,1-3H3. The van der Waals surface area contributed by atoms with Gasteiger partial charge in [-0.1, -0.05) is 30.1 Å². The molecule has 0 saturated carbocycles. The lowest BCUT2D eigenvalue weighted by Crippen LogP contribution is -2.29. The quantitative estimate of drug-likeness (QED) is 0.400. The van der Waals surface area contributed by atoms with Gasteiger partial charge in [0.2, 0.25) is 10.0 Å². The molecule has 0 aliphatic heterocycles. The smallest absolute Gasteiger partial charge is 0.245 e. The van der Waals surface area contributed by atoms with E-state index in [2.05, 4.69) is 9.82 Å². The third-order valence-corrected chi connectivity index (χ3v) is 10.2. The van der Waals surface area contributed by atoms with Crippen molar-refractivity contribution in [3.8, 4) is 0 Å². The minimum absolute atomic E-state index is 0.0103. The van der Waals surface area contributed by atoms with Gasteiger partial charge in [0.05, 0.1) is 15.8 Å². The second kappa shape index (κ2) is 10.5. The summed E-state index contributed by atoms with van der Waals surface area (Å²) in [7, 11) is -6.78. The van der Waals surface area contributed by atoms with Crippen molar-refractivity contribution in [1.82, 2.24) is 14.5 Å². The van der Waals surface area contributed by atoms with E-state index in [0.717, 1.165) is 18.2 Å². The van der Waals surface area contributed by atoms with E-state index >= 15 is 0 Å². The number of sulfonamides is 1. The topological polar surface area (TPSA) is 98.1 Å². The van der Waals surface area contributed by atoms with Gasteiger partial charge in [-0.05, 0) is 61.7 Å². The molecular formula is C22H23Cl2F2N3O4S2. The first-order valence-corrected chi connectivity index (χ1v) is 14.2. The van der Waals surface area contributed by atoms with Crippen LogP contribution in [0.25, 0.3) is 0 Å². The molecule has 2 aromatic carbocycles. The van der Waals surface area contributed by atoms with Gasteiger partial charge in [-0.15, -0.1) is 0 Å². The van der Waals surface area contributed by atoms with Crippen LogP contribution in [0.4, 0.5) is 8.78 Å². The zero-order chi connectivity index (χ0) is 26.1. The summed E-state index contributed by atoms with van der Waals surface area (Å²) in [6, 6.07) is 7.92. The average molecular weight is 566 g/mol. The molecule has 35 heavy (non-hydrogen) atoms. The summed E-state index contributed by atoms with van der Waals surface area (Å²) >= 11 is 11.9. The van der Waals surface area contributed by atoms with Crippen LogP contribution in [0.15, 0.2) is 52.3 Å². The molecule has 3 aromatic rings. The van der Waals surface area contributed by atoms with E-state index in [4.69, 9.17) is 23.2 Å². The zero-order valence-electron chi connectivity index (χ0n) is 19.0. The Morgan fingerprint density at radius 2 is 1.69 bits per heavy atom. The van der Waals surface area contributed by atoms with Crippen molar-refractivity contribution in [1.29, 1.82) is 0 Å². The summed E-state index contributed by atoms with van der Waals surface area (Å²) in [5.74, 6) is -2.51. The Morgan fingerprint density at radius 1 is 1.06 bits per heavy atom. The predicted octanol–water partition coefficient (Wildman–Crippen LogP) is 4.83. The normalized spacial score (nSPS) is 14.1. The van der Waals surface area contributed by atoms with Gasteiger partial charge in [-0.25, -0.2) is 30.3 Å². The number of nitrogens with one attached hydrogen (secondary N) is 1. The Morgan fingerprint density at radius 3 is 2.26 bits per heavy atom. The zero-order valence-corrected chi connectivity index (χ0v) is 22.1. The minimum Gasteiger partial charge on any atom is -0.255 e. The molecule has 2 unspecified atom stereocenters. The maximum absolute atomic E-state index is 14.7. The van der Waals surface area contributed by atoms with E-state index in [-0.39, 0.29) is 39.2 Å². The summed E-state index contributed by atoms with van der Waals surface area (Å²) in [4.78, 5) is -0.309. The van der Waals surface area contributed by atoms with Crippen molar-refractivity contribution in [3.63, 3.8) is 0 Å².